The summed E-state index contributed by atoms with van der Waals surface area (Å²) in [5.41, 5.74) is 1.22. The molecular weight excluding hydrogens is 181 g/mol. The van der Waals surface area contributed by atoms with E-state index in [0.29, 0.717) is 5.92 Å². The molecule has 2 nitrogen and oxygen atoms in total. The lowest BCUT2D eigenvalue weighted by molar-refractivity contribution is -0.118. The van der Waals surface area contributed by atoms with E-state index < -0.39 is 5.41 Å². The second kappa shape index (κ2) is 2.16. The Labute approximate surface area is 81.1 Å². The van der Waals surface area contributed by atoms with Gasteiger partial charge >= 0.3 is 0 Å². The number of hydrogen-bond donors (Lipinski definition) is 1. The van der Waals surface area contributed by atoms with Crippen molar-refractivity contribution in [2.24, 2.45) is 5.92 Å². The molecule has 72 valence electrons. The van der Waals surface area contributed by atoms with Gasteiger partial charge in [0.05, 0.1) is 5.41 Å². The number of rotatable bonds is 0. The lowest BCUT2D eigenvalue weighted by Gasteiger charge is -2.05. The second-order valence-electron chi connectivity index (χ2n) is 4.22. The van der Waals surface area contributed by atoms with Crippen LogP contribution in [0.1, 0.15) is 18.9 Å². The zero-order valence-electron chi connectivity index (χ0n) is 7.80. The number of carbonyl (C=O) groups excluding carboxylic acids is 1. The minimum Gasteiger partial charge on any atom is -0.325 e. The molecule has 2 aliphatic rings. The Bertz CT molecular complexity index is 443. The van der Waals surface area contributed by atoms with Crippen molar-refractivity contribution in [3.05, 3.63) is 29.6 Å². The molecule has 0 aromatic heterocycles. The highest BCUT2D eigenvalue weighted by molar-refractivity contribution is 6.08. The molecular formula is C11H10FNO. The minimum atomic E-state index is -0.405. The summed E-state index contributed by atoms with van der Waals surface area (Å²) in [4.78, 5) is 11.7. The maximum absolute atomic E-state index is 13.0. The number of fused-ring (bicyclic) bond motifs is 2. The summed E-state index contributed by atoms with van der Waals surface area (Å²) in [5, 5.41) is 2.80. The van der Waals surface area contributed by atoms with E-state index in [2.05, 4.69) is 5.32 Å². The largest absolute Gasteiger partial charge is 0.325 e. The van der Waals surface area contributed by atoms with Gasteiger partial charge in [-0.25, -0.2) is 4.39 Å². The predicted molar refractivity (Wildman–Crippen MR) is 50.5 cm³/mol. The van der Waals surface area contributed by atoms with E-state index in [-0.39, 0.29) is 11.7 Å². The van der Waals surface area contributed by atoms with Crippen molar-refractivity contribution in [2.75, 3.05) is 5.32 Å². The maximum Gasteiger partial charge on any atom is 0.235 e. The second-order valence-corrected chi connectivity index (χ2v) is 4.22. The van der Waals surface area contributed by atoms with Crippen molar-refractivity contribution < 1.29 is 9.18 Å². The number of carbonyl (C=O) groups is 1. The van der Waals surface area contributed by atoms with Crippen LogP contribution in [0.15, 0.2) is 18.2 Å². The van der Waals surface area contributed by atoms with E-state index in [1.807, 2.05) is 6.92 Å². The lowest BCUT2D eigenvalue weighted by Crippen LogP contribution is -2.20. The molecule has 1 aromatic carbocycles. The van der Waals surface area contributed by atoms with Crippen molar-refractivity contribution in [1.29, 1.82) is 0 Å². The van der Waals surface area contributed by atoms with Gasteiger partial charge in [0, 0.05) is 5.69 Å². The zero-order valence-corrected chi connectivity index (χ0v) is 7.80. The van der Waals surface area contributed by atoms with Gasteiger partial charge in [-0.3, -0.25) is 4.79 Å². The van der Waals surface area contributed by atoms with Crippen molar-refractivity contribution >= 4 is 11.6 Å². The molecule has 1 aliphatic heterocycles. The van der Waals surface area contributed by atoms with Crippen molar-refractivity contribution in [1.82, 2.24) is 0 Å². The van der Waals surface area contributed by atoms with Crippen molar-refractivity contribution in [2.45, 2.75) is 18.8 Å². The van der Waals surface area contributed by atoms with Crippen LogP contribution in [0.4, 0.5) is 10.1 Å². The van der Waals surface area contributed by atoms with E-state index >= 15 is 0 Å². The molecule has 0 radical (unpaired) electrons. The first-order valence-corrected chi connectivity index (χ1v) is 4.76. The average molecular weight is 191 g/mol. The normalized spacial score (nSPS) is 33.0. The van der Waals surface area contributed by atoms with Gasteiger partial charge in [0.1, 0.15) is 5.82 Å². The summed E-state index contributed by atoms with van der Waals surface area (Å²) in [5.74, 6) is 0.106. The van der Waals surface area contributed by atoms with Gasteiger partial charge in [-0.1, -0.05) is 6.92 Å². The van der Waals surface area contributed by atoms with Crippen LogP contribution < -0.4 is 5.32 Å². The molecule has 1 aromatic rings. The standard InChI is InChI=1S/C11H10FNO/c1-6-5-11(6)8-4-7(12)2-3-9(8)13-10(11)14/h2-4,6H,5H2,1H3,(H,13,14). The van der Waals surface area contributed by atoms with E-state index in [4.69, 9.17) is 0 Å². The van der Waals surface area contributed by atoms with Gasteiger partial charge in [0.2, 0.25) is 5.91 Å². The molecule has 1 fully saturated rings. The third-order valence-corrected chi connectivity index (χ3v) is 3.42. The van der Waals surface area contributed by atoms with Crippen molar-refractivity contribution in [3.63, 3.8) is 0 Å². The molecule has 1 heterocycles. The van der Waals surface area contributed by atoms with Crippen LogP contribution in [-0.2, 0) is 10.2 Å². The Morgan fingerprint density at radius 2 is 2.29 bits per heavy atom. The van der Waals surface area contributed by atoms with Crippen molar-refractivity contribution in [3.8, 4) is 0 Å². The Balaban J connectivity index is 2.22. The zero-order chi connectivity index (χ0) is 9.92. The number of halogens is 1. The molecule has 2 unspecified atom stereocenters. The first-order chi connectivity index (χ1) is 6.64. The SMILES string of the molecule is CC1CC12C(=O)Nc1ccc(F)cc12. The molecule has 0 bridgehead atoms. The van der Waals surface area contributed by atoms with Crippen LogP contribution in [0.25, 0.3) is 0 Å². The van der Waals surface area contributed by atoms with E-state index in [1.165, 1.54) is 12.1 Å². The van der Waals surface area contributed by atoms with Gasteiger partial charge in [-0.2, -0.15) is 0 Å². The smallest absolute Gasteiger partial charge is 0.235 e. The fraction of sp³-hybridized carbons (Fsp3) is 0.364. The lowest BCUT2D eigenvalue weighted by atomic mass is 9.95. The Morgan fingerprint density at radius 1 is 1.57 bits per heavy atom. The average Bonchev–Trinajstić information content (AvgIpc) is 2.74. The Morgan fingerprint density at radius 3 is 2.93 bits per heavy atom. The summed E-state index contributed by atoms with van der Waals surface area (Å²) < 4.78 is 13.0. The molecule has 0 saturated heterocycles. The fourth-order valence-corrected chi connectivity index (χ4v) is 2.47. The van der Waals surface area contributed by atoms with Gasteiger partial charge in [-0.05, 0) is 36.1 Å². The molecule has 3 heteroatoms. The molecule has 1 saturated carbocycles. The molecule has 1 amide bonds. The Kier molecular flexibility index (Phi) is 1.23. The van der Waals surface area contributed by atoms with Crippen LogP contribution in [0.5, 0.6) is 0 Å². The molecule has 3 rings (SSSR count). The summed E-state index contributed by atoms with van der Waals surface area (Å²) in [6.07, 6.45) is 0.843. The number of amides is 1. The quantitative estimate of drug-likeness (QED) is 0.668. The summed E-state index contributed by atoms with van der Waals surface area (Å²) >= 11 is 0. The first kappa shape index (κ1) is 7.97. The fourth-order valence-electron chi connectivity index (χ4n) is 2.47. The Hall–Kier alpha value is -1.38. The molecule has 14 heavy (non-hydrogen) atoms. The summed E-state index contributed by atoms with van der Waals surface area (Å²) in [6, 6.07) is 4.50. The molecule has 1 N–H and O–H groups in total. The van der Waals surface area contributed by atoms with E-state index in [1.54, 1.807) is 6.07 Å². The van der Waals surface area contributed by atoms with Gasteiger partial charge in [0.15, 0.2) is 0 Å². The molecule has 1 spiro atoms. The van der Waals surface area contributed by atoms with Crippen LogP contribution in [0.2, 0.25) is 0 Å². The monoisotopic (exact) mass is 191 g/mol. The summed E-state index contributed by atoms with van der Waals surface area (Å²) in [6.45, 7) is 2.03. The topological polar surface area (TPSA) is 29.1 Å². The number of hydrogen-bond acceptors (Lipinski definition) is 1. The first-order valence-electron chi connectivity index (χ1n) is 4.76. The van der Waals surface area contributed by atoms with Crippen LogP contribution in [0.3, 0.4) is 0 Å². The molecule has 2 atom stereocenters. The van der Waals surface area contributed by atoms with Crippen LogP contribution >= 0.6 is 0 Å². The van der Waals surface area contributed by atoms with Crippen LogP contribution in [-0.4, -0.2) is 5.91 Å². The third-order valence-electron chi connectivity index (χ3n) is 3.42. The highest BCUT2D eigenvalue weighted by atomic mass is 19.1. The van der Waals surface area contributed by atoms with Gasteiger partial charge < -0.3 is 5.32 Å². The number of nitrogens with one attached hydrogen (secondary N) is 1. The third kappa shape index (κ3) is 0.733. The van der Waals surface area contributed by atoms with Gasteiger partial charge in [0.25, 0.3) is 0 Å². The summed E-state index contributed by atoms with van der Waals surface area (Å²) in [7, 11) is 0. The number of anilines is 1. The van der Waals surface area contributed by atoms with E-state index in [0.717, 1.165) is 17.7 Å². The van der Waals surface area contributed by atoms with E-state index in [9.17, 15) is 9.18 Å². The van der Waals surface area contributed by atoms with Gasteiger partial charge in [-0.15, -0.1) is 0 Å². The highest BCUT2D eigenvalue weighted by Gasteiger charge is 2.62. The number of benzene rings is 1. The minimum absolute atomic E-state index is 0.0330. The highest BCUT2D eigenvalue weighted by Crippen LogP contribution is 2.59. The molecule has 1 aliphatic carbocycles. The predicted octanol–water partition coefficient (Wildman–Crippen LogP) is 2.06. The maximum atomic E-state index is 13.0. The van der Waals surface area contributed by atoms with Crippen LogP contribution in [0, 0.1) is 11.7 Å².